The van der Waals surface area contributed by atoms with Crippen molar-refractivity contribution in [3.8, 4) is 0 Å². The summed E-state index contributed by atoms with van der Waals surface area (Å²) in [5.41, 5.74) is 0. The van der Waals surface area contributed by atoms with Crippen LogP contribution >= 0.6 is 0 Å². The molecule has 0 bridgehead atoms. The Labute approximate surface area is 74.1 Å². The molecule has 0 spiro atoms. The summed E-state index contributed by atoms with van der Waals surface area (Å²) in [6.07, 6.45) is 1.10. The Morgan fingerprint density at radius 3 is 2.58 bits per heavy atom. The highest BCUT2D eigenvalue weighted by atomic mass is 16.2. The van der Waals surface area contributed by atoms with Crippen molar-refractivity contribution < 1.29 is 4.79 Å². The van der Waals surface area contributed by atoms with Gasteiger partial charge in [-0.05, 0) is 26.8 Å². The molecule has 1 amide bonds. The van der Waals surface area contributed by atoms with E-state index >= 15 is 0 Å². The first-order valence-corrected chi connectivity index (χ1v) is 4.62. The number of nitrogens with one attached hydrogen (secondary N) is 1. The van der Waals surface area contributed by atoms with Gasteiger partial charge in [0, 0.05) is 25.6 Å². The second kappa shape index (κ2) is 3.90. The lowest BCUT2D eigenvalue weighted by molar-refractivity contribution is -0.132. The van der Waals surface area contributed by atoms with Crippen LogP contribution in [0.4, 0.5) is 0 Å². The lowest BCUT2D eigenvalue weighted by atomic mass is 10.2. The molecule has 70 valence electrons. The maximum absolute atomic E-state index is 11.3. The van der Waals surface area contributed by atoms with Gasteiger partial charge in [-0.1, -0.05) is 0 Å². The third-order valence-electron chi connectivity index (χ3n) is 2.35. The third kappa shape index (κ3) is 1.97. The molecule has 1 rings (SSSR count). The summed E-state index contributed by atoms with van der Waals surface area (Å²) in [4.78, 5) is 13.2. The zero-order valence-corrected chi connectivity index (χ0v) is 8.13. The first-order valence-electron chi connectivity index (χ1n) is 4.62. The topological polar surface area (TPSA) is 32.3 Å². The molecule has 0 aromatic heterocycles. The van der Waals surface area contributed by atoms with Gasteiger partial charge in [-0.15, -0.1) is 0 Å². The molecule has 1 fully saturated rings. The van der Waals surface area contributed by atoms with Crippen molar-refractivity contribution in [3.63, 3.8) is 0 Å². The van der Waals surface area contributed by atoms with Crippen LogP contribution in [0.3, 0.4) is 0 Å². The van der Waals surface area contributed by atoms with Crippen LogP contribution in [0.25, 0.3) is 0 Å². The van der Waals surface area contributed by atoms with Gasteiger partial charge in [0.05, 0.1) is 0 Å². The van der Waals surface area contributed by atoms with Gasteiger partial charge < -0.3 is 10.2 Å². The van der Waals surface area contributed by atoms with Crippen molar-refractivity contribution >= 4 is 5.91 Å². The van der Waals surface area contributed by atoms with E-state index in [0.717, 1.165) is 19.5 Å². The molecule has 0 unspecified atom stereocenters. The molecule has 3 heteroatoms. The molecular formula is C9H18N2O. The SMILES string of the molecule is CC(=O)N(C(C)C)[C@@H]1CCNC1. The summed E-state index contributed by atoms with van der Waals surface area (Å²) in [5.74, 6) is 0.193. The standard InChI is InChI=1S/C9H18N2O/c1-7(2)11(8(3)12)9-4-5-10-6-9/h7,9-10H,4-6H2,1-3H3/t9-/m1/s1. The lowest BCUT2D eigenvalue weighted by Gasteiger charge is -2.31. The van der Waals surface area contributed by atoms with Gasteiger partial charge in [0.2, 0.25) is 5.91 Å². The summed E-state index contributed by atoms with van der Waals surface area (Å²) < 4.78 is 0. The smallest absolute Gasteiger partial charge is 0.219 e. The summed E-state index contributed by atoms with van der Waals surface area (Å²) in [7, 11) is 0. The Morgan fingerprint density at radius 2 is 2.25 bits per heavy atom. The Hall–Kier alpha value is -0.570. The number of amides is 1. The molecule has 1 aliphatic rings. The maximum atomic E-state index is 11.3. The van der Waals surface area contributed by atoms with Crippen molar-refractivity contribution in [1.82, 2.24) is 10.2 Å². The van der Waals surface area contributed by atoms with Crippen molar-refractivity contribution in [1.29, 1.82) is 0 Å². The van der Waals surface area contributed by atoms with E-state index in [-0.39, 0.29) is 5.91 Å². The number of carbonyl (C=O) groups is 1. The number of hydrogen-bond acceptors (Lipinski definition) is 2. The van der Waals surface area contributed by atoms with Gasteiger partial charge >= 0.3 is 0 Å². The largest absolute Gasteiger partial charge is 0.336 e. The molecular weight excluding hydrogens is 152 g/mol. The van der Waals surface area contributed by atoms with E-state index in [1.807, 2.05) is 4.90 Å². The van der Waals surface area contributed by atoms with E-state index in [9.17, 15) is 4.79 Å². The number of carbonyl (C=O) groups excluding carboxylic acids is 1. The average Bonchev–Trinajstić information content (AvgIpc) is 2.37. The van der Waals surface area contributed by atoms with Crippen molar-refractivity contribution in [2.24, 2.45) is 0 Å². The van der Waals surface area contributed by atoms with E-state index in [2.05, 4.69) is 19.2 Å². The first kappa shape index (κ1) is 9.52. The van der Waals surface area contributed by atoms with Crippen LogP contribution in [0.1, 0.15) is 27.2 Å². The van der Waals surface area contributed by atoms with Crippen LogP contribution in [0, 0.1) is 0 Å². The van der Waals surface area contributed by atoms with Crippen LogP contribution < -0.4 is 5.32 Å². The van der Waals surface area contributed by atoms with Crippen LogP contribution in [-0.2, 0) is 4.79 Å². The molecule has 1 aliphatic heterocycles. The quantitative estimate of drug-likeness (QED) is 0.658. The average molecular weight is 170 g/mol. The predicted molar refractivity (Wildman–Crippen MR) is 48.9 cm³/mol. The first-order chi connectivity index (χ1) is 5.63. The van der Waals surface area contributed by atoms with Gasteiger partial charge in [0.25, 0.3) is 0 Å². The van der Waals surface area contributed by atoms with Gasteiger partial charge in [-0.3, -0.25) is 4.79 Å². The highest BCUT2D eigenvalue weighted by Crippen LogP contribution is 2.12. The van der Waals surface area contributed by atoms with Crippen LogP contribution in [-0.4, -0.2) is 36.0 Å². The molecule has 0 aliphatic carbocycles. The molecule has 1 heterocycles. The minimum absolute atomic E-state index is 0.193. The van der Waals surface area contributed by atoms with Gasteiger partial charge in [0.1, 0.15) is 0 Å². The van der Waals surface area contributed by atoms with E-state index in [1.54, 1.807) is 6.92 Å². The highest BCUT2D eigenvalue weighted by Gasteiger charge is 2.25. The second-order valence-corrected chi connectivity index (χ2v) is 3.67. The summed E-state index contributed by atoms with van der Waals surface area (Å²) in [6.45, 7) is 7.79. The fraction of sp³-hybridized carbons (Fsp3) is 0.889. The van der Waals surface area contributed by atoms with E-state index in [1.165, 1.54) is 0 Å². The minimum Gasteiger partial charge on any atom is -0.336 e. The fourth-order valence-electron chi connectivity index (χ4n) is 1.92. The molecule has 1 atom stereocenters. The molecule has 12 heavy (non-hydrogen) atoms. The van der Waals surface area contributed by atoms with E-state index < -0.39 is 0 Å². The molecule has 0 saturated carbocycles. The van der Waals surface area contributed by atoms with Crippen molar-refractivity contribution in [3.05, 3.63) is 0 Å². The van der Waals surface area contributed by atoms with E-state index in [4.69, 9.17) is 0 Å². The van der Waals surface area contributed by atoms with Gasteiger partial charge in [-0.2, -0.15) is 0 Å². The molecule has 0 radical (unpaired) electrons. The lowest BCUT2D eigenvalue weighted by Crippen LogP contribution is -2.44. The predicted octanol–water partition coefficient (Wildman–Crippen LogP) is 0.605. The molecule has 3 nitrogen and oxygen atoms in total. The third-order valence-corrected chi connectivity index (χ3v) is 2.35. The van der Waals surface area contributed by atoms with E-state index in [0.29, 0.717) is 12.1 Å². The summed E-state index contributed by atoms with van der Waals surface area (Å²) in [6, 6.07) is 0.745. The zero-order chi connectivity index (χ0) is 9.14. The van der Waals surface area contributed by atoms with Crippen molar-refractivity contribution in [2.45, 2.75) is 39.3 Å². The monoisotopic (exact) mass is 170 g/mol. The Morgan fingerprint density at radius 1 is 1.58 bits per heavy atom. The second-order valence-electron chi connectivity index (χ2n) is 3.67. The number of nitrogens with zero attached hydrogens (tertiary/aromatic N) is 1. The highest BCUT2D eigenvalue weighted by molar-refractivity contribution is 5.74. The zero-order valence-electron chi connectivity index (χ0n) is 8.13. The Balaban J connectivity index is 2.58. The molecule has 1 N–H and O–H groups in total. The summed E-state index contributed by atoms with van der Waals surface area (Å²) in [5, 5.41) is 3.27. The Bertz CT molecular complexity index is 162. The Kier molecular flexibility index (Phi) is 3.09. The maximum Gasteiger partial charge on any atom is 0.219 e. The summed E-state index contributed by atoms with van der Waals surface area (Å²) >= 11 is 0. The fourth-order valence-corrected chi connectivity index (χ4v) is 1.92. The van der Waals surface area contributed by atoms with Crippen LogP contribution in [0.5, 0.6) is 0 Å². The van der Waals surface area contributed by atoms with Gasteiger partial charge in [-0.25, -0.2) is 0 Å². The van der Waals surface area contributed by atoms with Crippen molar-refractivity contribution in [2.75, 3.05) is 13.1 Å². The normalized spacial score (nSPS) is 23.2. The molecule has 0 aromatic rings. The molecule has 0 aromatic carbocycles. The van der Waals surface area contributed by atoms with Gasteiger partial charge in [0.15, 0.2) is 0 Å². The minimum atomic E-state index is 0.193. The molecule has 1 saturated heterocycles. The number of rotatable bonds is 2. The number of hydrogen-bond donors (Lipinski definition) is 1. The van der Waals surface area contributed by atoms with Crippen LogP contribution in [0.15, 0.2) is 0 Å². The van der Waals surface area contributed by atoms with Crippen LogP contribution in [0.2, 0.25) is 0 Å².